The fourth-order valence-corrected chi connectivity index (χ4v) is 13.3. The highest BCUT2D eigenvalue weighted by atomic mass is 127. The first-order valence-corrected chi connectivity index (χ1v) is 44.0. The molecule has 12 rings (SSSR count). The summed E-state index contributed by atoms with van der Waals surface area (Å²) in [6.45, 7) is 13.7. The molecule has 0 heterocycles. The van der Waals surface area contributed by atoms with E-state index in [1.54, 1.807) is 79.7 Å². The largest absolute Gasteiger partial charge is 0.486 e. The number of benzene rings is 12. The number of thiocarbonyl (C=S) groups is 6. The van der Waals surface area contributed by atoms with Gasteiger partial charge in [-0.2, -0.15) is 0 Å². The molecule has 6 N–H and O–H groups in total. The summed E-state index contributed by atoms with van der Waals surface area (Å²) >= 11 is 41.7. The van der Waals surface area contributed by atoms with Gasteiger partial charge in [0.1, 0.15) is 45.5 Å². The number of hydrogen-bond donors (Lipinski definition) is 6. The van der Waals surface area contributed by atoms with Crippen molar-refractivity contribution in [2.24, 2.45) is 0 Å². The quantitative estimate of drug-likeness (QED) is 0.0191. The van der Waals surface area contributed by atoms with Crippen LogP contribution in [-0.2, 0) is 68.1 Å². The number of halogens is 10. The van der Waals surface area contributed by atoms with Gasteiger partial charge in [-0.1, -0.05) is 119 Å². The molecular weight excluding hydrogens is 2010 g/mol. The summed E-state index contributed by atoms with van der Waals surface area (Å²) in [4.78, 5) is 0. The highest BCUT2D eigenvalue weighted by molar-refractivity contribution is 14.1. The highest BCUT2D eigenvalue weighted by Gasteiger charge is 2.19. The van der Waals surface area contributed by atoms with Crippen LogP contribution in [0.4, 0.5) is 64.9 Å². The zero-order valence-corrected chi connectivity index (χ0v) is 82.6. The van der Waals surface area contributed by atoms with Crippen LogP contribution in [0.15, 0.2) is 229 Å². The van der Waals surface area contributed by atoms with Gasteiger partial charge < -0.3 is 88.7 Å². The van der Waals surface area contributed by atoms with Crippen LogP contribution < -0.4 is 60.3 Å². The van der Waals surface area contributed by atoms with Gasteiger partial charge in [-0.05, 0) is 317 Å². The Bertz CT molecular complexity index is 5260. The predicted molar refractivity (Wildman–Crippen MR) is 541 cm³/mol. The first kappa shape index (κ1) is 107. The van der Waals surface area contributed by atoms with Gasteiger partial charge in [-0.3, -0.25) is 0 Å². The second-order valence-electron chi connectivity index (χ2n) is 27.9. The minimum absolute atomic E-state index is 0.0640. The SMILES string of the molecule is COC(=S)Nc1cccc(Br)c1COc1ccc(C)cc1F.COC(=S)Nc1cccc(C)c1COc1ccc(C)cc1F.COC(=S)Nc1cccc(Cl)c1COc1ccc(C)cc1F.COC(=S)Nc1cccc(F)c1COc1ccc(C)cc1F.COC(=S)Nc1cccc(I)c1COc1ccc(C)cc1F.COC(=S)Nc1ccccc1COc1ccc(C)cc1F. The van der Waals surface area contributed by atoms with Crippen molar-refractivity contribution >= 4 is 189 Å². The van der Waals surface area contributed by atoms with Gasteiger partial charge in [-0.25, -0.2) is 30.7 Å². The molecule has 0 bridgehead atoms. The van der Waals surface area contributed by atoms with Crippen LogP contribution in [0.5, 0.6) is 34.5 Å². The van der Waals surface area contributed by atoms with Gasteiger partial charge >= 0.3 is 0 Å². The second kappa shape index (κ2) is 55.1. The fraction of sp³-hybridized carbons (Fsp3) is 0.196. The monoisotopic (exact) mass is 2100 g/mol. The van der Waals surface area contributed by atoms with Crippen molar-refractivity contribution in [1.82, 2.24) is 0 Å². The summed E-state index contributed by atoms with van der Waals surface area (Å²) in [6, 6.07) is 63.2. The Labute approximate surface area is 817 Å². The van der Waals surface area contributed by atoms with E-state index in [0.29, 0.717) is 22.0 Å². The van der Waals surface area contributed by atoms with Crippen molar-refractivity contribution in [1.29, 1.82) is 0 Å². The molecule has 0 aliphatic rings. The molecule has 0 amide bonds. The lowest BCUT2D eigenvalue weighted by atomic mass is 10.1. The molecule has 0 saturated carbocycles. The van der Waals surface area contributed by atoms with Crippen molar-refractivity contribution in [2.45, 2.75) is 88.1 Å². The number of anilines is 6. The van der Waals surface area contributed by atoms with Crippen LogP contribution in [0.3, 0.4) is 0 Å². The van der Waals surface area contributed by atoms with E-state index in [9.17, 15) is 30.7 Å². The van der Waals surface area contributed by atoms with Crippen molar-refractivity contribution in [2.75, 3.05) is 74.6 Å². The average molecular weight is 2100 g/mol. The second-order valence-corrected chi connectivity index (χ2v) is 32.5. The maximum Gasteiger partial charge on any atom is 0.260 e. The number of aryl methyl sites for hydroxylation is 7. The van der Waals surface area contributed by atoms with Gasteiger partial charge in [0.2, 0.25) is 0 Å². The number of nitrogens with one attached hydrogen (secondary N) is 6. The van der Waals surface area contributed by atoms with Crippen molar-refractivity contribution in [3.63, 3.8) is 0 Å². The maximum atomic E-state index is 14.0. The summed E-state index contributed by atoms with van der Waals surface area (Å²) in [5, 5.41) is 19.5. The molecule has 690 valence electrons. The lowest BCUT2D eigenvalue weighted by Gasteiger charge is -2.15. The highest BCUT2D eigenvalue weighted by Crippen LogP contribution is 2.34. The van der Waals surface area contributed by atoms with Crippen molar-refractivity contribution in [3.8, 4) is 34.5 Å². The maximum absolute atomic E-state index is 14.0. The summed E-state index contributed by atoms with van der Waals surface area (Å²) in [5.74, 6) is -1.72. The van der Waals surface area contributed by atoms with E-state index in [1.807, 2.05) is 139 Å². The number of methoxy groups -OCH3 is 6. The molecule has 0 aliphatic heterocycles. The first-order valence-electron chi connectivity index (χ1n) is 39.3. The van der Waals surface area contributed by atoms with Gasteiger partial charge in [0, 0.05) is 74.9 Å². The lowest BCUT2D eigenvalue weighted by molar-refractivity contribution is 0.285. The van der Waals surface area contributed by atoms with Crippen LogP contribution in [0.2, 0.25) is 5.02 Å². The Kier molecular flexibility index (Phi) is 44.8. The molecule has 18 nitrogen and oxygen atoms in total. The van der Waals surface area contributed by atoms with E-state index < -0.39 is 17.5 Å². The minimum atomic E-state index is -0.488. The summed E-state index contributed by atoms with van der Waals surface area (Å²) in [6.07, 6.45) is 0. The number of hydrogen-bond acceptors (Lipinski definition) is 18. The van der Waals surface area contributed by atoms with Crippen LogP contribution in [0.1, 0.15) is 72.3 Å². The fourth-order valence-electron chi connectivity index (χ4n) is 11.3. The topological polar surface area (TPSA) is 183 Å². The minimum Gasteiger partial charge on any atom is -0.486 e. The Balaban J connectivity index is 0.000000215. The molecule has 0 saturated heterocycles. The van der Waals surface area contributed by atoms with E-state index in [0.717, 1.165) is 92.0 Å². The summed E-state index contributed by atoms with van der Waals surface area (Å²) in [7, 11) is 8.87. The number of para-hydroxylation sites is 1. The molecule has 12 aromatic carbocycles. The molecule has 0 unspecified atom stereocenters. The first-order chi connectivity index (χ1) is 62.6. The third-order valence-electron chi connectivity index (χ3n) is 18.2. The third-order valence-corrected chi connectivity index (χ3v) is 21.9. The molecule has 0 atom stereocenters. The lowest BCUT2D eigenvalue weighted by Crippen LogP contribution is -2.14. The van der Waals surface area contributed by atoms with Crippen LogP contribution >= 0.6 is 123 Å². The Morgan fingerprint density at radius 2 is 0.542 bits per heavy atom. The molecule has 131 heavy (non-hydrogen) atoms. The molecule has 0 aliphatic carbocycles. The van der Waals surface area contributed by atoms with Gasteiger partial charge in [-0.15, -0.1) is 0 Å². The van der Waals surface area contributed by atoms with E-state index in [2.05, 4.69) is 70.4 Å². The zero-order valence-electron chi connectivity index (χ0n) is 73.2. The third kappa shape index (κ3) is 35.3. The molecule has 12 aromatic rings. The van der Waals surface area contributed by atoms with Crippen LogP contribution in [0.25, 0.3) is 0 Å². The molecular formula is C97H94BrClF7IN6O12S6. The molecule has 0 spiro atoms. The Morgan fingerprint density at radius 3 is 0.908 bits per heavy atom. The van der Waals surface area contributed by atoms with Gasteiger partial charge in [0.05, 0.1) is 48.3 Å². The van der Waals surface area contributed by atoms with Gasteiger partial charge in [0.25, 0.3) is 31.0 Å². The predicted octanol–water partition coefficient (Wildman–Crippen LogP) is 26.8. The summed E-state index contributed by atoms with van der Waals surface area (Å²) in [5.41, 5.74) is 14.6. The van der Waals surface area contributed by atoms with E-state index >= 15 is 0 Å². The molecule has 0 aromatic heterocycles. The Hall–Kier alpha value is -11.4. The van der Waals surface area contributed by atoms with Crippen molar-refractivity contribution in [3.05, 3.63) is 351 Å². The molecule has 0 fully saturated rings. The molecule has 34 heteroatoms. The van der Waals surface area contributed by atoms with E-state index in [1.165, 1.54) is 97.3 Å². The van der Waals surface area contributed by atoms with Crippen LogP contribution in [-0.4, -0.2) is 73.7 Å². The normalized spacial score (nSPS) is 10.2. The average Bonchev–Trinajstić information content (AvgIpc) is 0.849. The molecule has 0 radical (unpaired) electrons. The smallest absolute Gasteiger partial charge is 0.260 e. The summed E-state index contributed by atoms with van der Waals surface area (Å²) < 4.78 is 161. The number of rotatable bonds is 24. The van der Waals surface area contributed by atoms with Crippen molar-refractivity contribution < 1.29 is 87.6 Å². The van der Waals surface area contributed by atoms with E-state index in [-0.39, 0.29) is 134 Å². The number of ether oxygens (including phenoxy) is 12. The van der Waals surface area contributed by atoms with Gasteiger partial charge in [0.15, 0.2) is 69.4 Å². The van der Waals surface area contributed by atoms with Crippen LogP contribution in [0, 0.1) is 92.8 Å². The zero-order chi connectivity index (χ0) is 95.8. The Morgan fingerprint density at radius 1 is 0.282 bits per heavy atom. The van der Waals surface area contributed by atoms with E-state index in [4.69, 9.17) is 142 Å². The standard InChI is InChI=1S/C17H18FNO2S.C16H15BrFNO2S.C16H15ClFNO2S.C16H15F2NO2S.C16H15FINO2S.C16H16FNO2S/c1-11-7-8-16(14(18)9-11)21-10-13-12(2)5-4-6-15(13)19-17(22)20-3;3*1-10-6-7-15(13(18)8-10)21-9-11-12(17)4-3-5-14(11)19-16(22)20-2;1-10-6-7-15(12(17)8-10)21-9-11-13(18)4-3-5-14(11)19-16(22)20-2;1-11-7-8-15(13(17)9-11)20-10-12-5-3-4-6-14(12)18-16(21)19-2/h4-9H,10H2,1-3H3,(H,19,22);4*3-8H,9H2,1-2H3,(H,19,22);3-9H,10H2,1-2H3,(H,18,21).